The summed E-state index contributed by atoms with van der Waals surface area (Å²) in [6.07, 6.45) is 6.05. The average molecular weight is 304 g/mol. The molecule has 3 heteroatoms. The Labute approximate surface area is 134 Å². The molecule has 3 rings (SSSR count). The van der Waals surface area contributed by atoms with Crippen LogP contribution in [0.15, 0.2) is 18.2 Å². The van der Waals surface area contributed by atoms with Gasteiger partial charge >= 0.3 is 0 Å². The van der Waals surface area contributed by atoms with E-state index in [1.807, 2.05) is 6.07 Å². The summed E-state index contributed by atoms with van der Waals surface area (Å²) in [7, 11) is 2.22. The molecule has 0 N–H and O–H groups in total. The van der Waals surface area contributed by atoms with E-state index in [1.165, 1.54) is 38.8 Å². The number of nitrogens with zero attached hydrogens (tertiary/aromatic N) is 2. The highest BCUT2D eigenvalue weighted by Gasteiger charge is 2.29. The van der Waals surface area contributed by atoms with Gasteiger partial charge in [-0.2, -0.15) is 0 Å². The van der Waals surface area contributed by atoms with Crippen LogP contribution in [0.2, 0.25) is 0 Å². The van der Waals surface area contributed by atoms with Crippen molar-refractivity contribution >= 4 is 5.69 Å². The molecule has 2 aliphatic rings. The molecule has 0 spiro atoms. The van der Waals surface area contributed by atoms with E-state index in [4.69, 9.17) is 0 Å². The van der Waals surface area contributed by atoms with Crippen molar-refractivity contribution < 1.29 is 4.39 Å². The van der Waals surface area contributed by atoms with Gasteiger partial charge in [-0.3, -0.25) is 0 Å². The molecular formula is C19H29FN2. The molecule has 2 heterocycles. The van der Waals surface area contributed by atoms with Crippen molar-refractivity contribution in [3.05, 3.63) is 29.6 Å². The van der Waals surface area contributed by atoms with Crippen molar-refractivity contribution in [1.29, 1.82) is 0 Å². The number of aryl methyl sites for hydroxylation is 1. The Balaban J connectivity index is 1.57. The summed E-state index contributed by atoms with van der Waals surface area (Å²) in [6.45, 7) is 6.59. The largest absolute Gasteiger partial charge is 0.369 e. The number of hydrogen-bond donors (Lipinski definition) is 0. The summed E-state index contributed by atoms with van der Waals surface area (Å²) in [5, 5.41) is 0. The molecule has 0 unspecified atom stereocenters. The summed E-state index contributed by atoms with van der Waals surface area (Å²) in [4.78, 5) is 4.69. The first-order chi connectivity index (χ1) is 10.7. The fraction of sp³-hybridized carbons (Fsp3) is 0.684. The lowest BCUT2D eigenvalue weighted by Crippen LogP contribution is -2.40. The van der Waals surface area contributed by atoms with Crippen molar-refractivity contribution in [3.8, 4) is 0 Å². The highest BCUT2D eigenvalue weighted by molar-refractivity contribution is 5.49. The van der Waals surface area contributed by atoms with Crippen LogP contribution >= 0.6 is 0 Å². The molecule has 0 atom stereocenters. The Morgan fingerprint density at radius 1 is 1.00 bits per heavy atom. The molecule has 0 radical (unpaired) electrons. The SMILES string of the molecule is CCc1ccc(N2CCC(C3CCN(C)CC3)CC2)c(F)c1. The first-order valence-corrected chi connectivity index (χ1v) is 8.89. The van der Waals surface area contributed by atoms with Crippen LogP contribution in [0.4, 0.5) is 10.1 Å². The molecule has 122 valence electrons. The minimum absolute atomic E-state index is 0.0444. The Kier molecular flexibility index (Phi) is 5.02. The van der Waals surface area contributed by atoms with E-state index in [-0.39, 0.29) is 5.82 Å². The minimum atomic E-state index is -0.0444. The van der Waals surface area contributed by atoms with Crippen LogP contribution in [0.5, 0.6) is 0 Å². The van der Waals surface area contributed by atoms with Gasteiger partial charge in [0.15, 0.2) is 0 Å². The molecule has 1 aromatic rings. The van der Waals surface area contributed by atoms with Crippen LogP contribution in [0.3, 0.4) is 0 Å². The first-order valence-electron chi connectivity index (χ1n) is 8.89. The maximum absolute atomic E-state index is 14.3. The second-order valence-corrected chi connectivity index (χ2v) is 7.10. The summed E-state index contributed by atoms with van der Waals surface area (Å²) in [5.41, 5.74) is 1.89. The van der Waals surface area contributed by atoms with Crippen LogP contribution in [-0.4, -0.2) is 38.1 Å². The first kappa shape index (κ1) is 15.8. The fourth-order valence-corrected chi connectivity index (χ4v) is 4.14. The third-order valence-electron chi connectivity index (χ3n) is 5.73. The van der Waals surface area contributed by atoms with Crippen LogP contribution in [-0.2, 0) is 6.42 Å². The highest BCUT2D eigenvalue weighted by Crippen LogP contribution is 2.34. The smallest absolute Gasteiger partial charge is 0.146 e. The molecule has 0 saturated carbocycles. The predicted molar refractivity (Wildman–Crippen MR) is 90.9 cm³/mol. The van der Waals surface area contributed by atoms with Gasteiger partial charge in [-0.05, 0) is 81.8 Å². The van der Waals surface area contributed by atoms with Crippen LogP contribution < -0.4 is 4.90 Å². The quantitative estimate of drug-likeness (QED) is 0.834. The van der Waals surface area contributed by atoms with Gasteiger partial charge < -0.3 is 9.80 Å². The summed E-state index contributed by atoms with van der Waals surface area (Å²) < 4.78 is 14.3. The minimum Gasteiger partial charge on any atom is -0.369 e. The van der Waals surface area contributed by atoms with E-state index in [1.54, 1.807) is 6.07 Å². The Bertz CT molecular complexity index is 486. The van der Waals surface area contributed by atoms with E-state index >= 15 is 0 Å². The van der Waals surface area contributed by atoms with Gasteiger partial charge in [0.2, 0.25) is 0 Å². The lowest BCUT2D eigenvalue weighted by atomic mass is 9.79. The van der Waals surface area contributed by atoms with Gasteiger partial charge in [-0.15, -0.1) is 0 Å². The number of likely N-dealkylation sites (tertiary alicyclic amines) is 1. The molecule has 2 saturated heterocycles. The van der Waals surface area contributed by atoms with Crippen molar-refractivity contribution in [2.75, 3.05) is 38.1 Å². The molecule has 0 aliphatic carbocycles. The lowest BCUT2D eigenvalue weighted by Gasteiger charge is -2.40. The second kappa shape index (κ2) is 6.99. The maximum Gasteiger partial charge on any atom is 0.146 e. The van der Waals surface area contributed by atoms with E-state index in [2.05, 4.69) is 29.8 Å². The topological polar surface area (TPSA) is 6.48 Å². The van der Waals surface area contributed by atoms with Crippen molar-refractivity contribution in [1.82, 2.24) is 4.90 Å². The molecular weight excluding hydrogens is 275 g/mol. The van der Waals surface area contributed by atoms with E-state index in [0.717, 1.165) is 42.6 Å². The van der Waals surface area contributed by atoms with Crippen molar-refractivity contribution in [2.24, 2.45) is 11.8 Å². The summed E-state index contributed by atoms with van der Waals surface area (Å²) >= 11 is 0. The van der Waals surface area contributed by atoms with E-state index in [9.17, 15) is 4.39 Å². The van der Waals surface area contributed by atoms with Crippen molar-refractivity contribution in [2.45, 2.75) is 39.0 Å². The summed E-state index contributed by atoms with van der Waals surface area (Å²) in [5.74, 6) is 1.70. The molecule has 2 aliphatic heterocycles. The average Bonchev–Trinajstić information content (AvgIpc) is 2.56. The maximum atomic E-state index is 14.3. The molecule has 22 heavy (non-hydrogen) atoms. The number of piperidine rings is 2. The zero-order valence-electron chi connectivity index (χ0n) is 14.0. The molecule has 2 fully saturated rings. The highest BCUT2D eigenvalue weighted by atomic mass is 19.1. The molecule has 1 aromatic carbocycles. The number of halogens is 1. The normalized spacial score (nSPS) is 22.2. The number of hydrogen-bond acceptors (Lipinski definition) is 2. The van der Waals surface area contributed by atoms with Gasteiger partial charge in [0, 0.05) is 13.1 Å². The second-order valence-electron chi connectivity index (χ2n) is 7.10. The zero-order chi connectivity index (χ0) is 15.5. The van der Waals surface area contributed by atoms with Gasteiger partial charge in [-0.25, -0.2) is 4.39 Å². The van der Waals surface area contributed by atoms with Gasteiger partial charge in [0.25, 0.3) is 0 Å². The van der Waals surface area contributed by atoms with Crippen LogP contribution in [0.25, 0.3) is 0 Å². The standard InChI is InChI=1S/C19H29FN2/c1-3-15-4-5-19(18(20)14-15)22-12-8-17(9-13-22)16-6-10-21(2)11-7-16/h4-5,14,16-17H,3,6-13H2,1-2H3. The Hall–Kier alpha value is -1.09. The fourth-order valence-electron chi connectivity index (χ4n) is 4.14. The van der Waals surface area contributed by atoms with Gasteiger partial charge in [0.05, 0.1) is 5.69 Å². The molecule has 2 nitrogen and oxygen atoms in total. The third kappa shape index (κ3) is 3.45. The Morgan fingerprint density at radius 3 is 2.14 bits per heavy atom. The van der Waals surface area contributed by atoms with Gasteiger partial charge in [-0.1, -0.05) is 13.0 Å². The van der Waals surface area contributed by atoms with E-state index in [0.29, 0.717) is 0 Å². The van der Waals surface area contributed by atoms with Crippen LogP contribution in [0.1, 0.15) is 38.2 Å². The molecule has 0 aromatic heterocycles. The van der Waals surface area contributed by atoms with Crippen molar-refractivity contribution in [3.63, 3.8) is 0 Å². The third-order valence-corrected chi connectivity index (χ3v) is 5.73. The predicted octanol–water partition coefficient (Wildman–Crippen LogP) is 3.95. The van der Waals surface area contributed by atoms with E-state index < -0.39 is 0 Å². The van der Waals surface area contributed by atoms with Crippen LogP contribution in [0, 0.1) is 17.7 Å². The number of anilines is 1. The summed E-state index contributed by atoms with van der Waals surface area (Å²) in [6, 6.07) is 5.75. The van der Waals surface area contributed by atoms with Gasteiger partial charge in [0.1, 0.15) is 5.82 Å². The number of rotatable bonds is 3. The monoisotopic (exact) mass is 304 g/mol. The number of benzene rings is 1. The lowest BCUT2D eigenvalue weighted by molar-refractivity contribution is 0.154. The zero-order valence-corrected chi connectivity index (χ0v) is 14.0. The Morgan fingerprint density at radius 2 is 1.59 bits per heavy atom. The molecule has 0 bridgehead atoms. The molecule has 0 amide bonds.